The molecule has 1 N–H and O–H groups in total. The van der Waals surface area contributed by atoms with Crippen LogP contribution in [0.3, 0.4) is 0 Å². The van der Waals surface area contributed by atoms with Gasteiger partial charge in [0.2, 0.25) is 11.8 Å². The van der Waals surface area contributed by atoms with E-state index in [1.165, 1.54) is 0 Å². The molecule has 152 valence electrons. The van der Waals surface area contributed by atoms with Crippen LogP contribution in [0.5, 0.6) is 5.75 Å². The number of carbonyl (C=O) groups is 3. The summed E-state index contributed by atoms with van der Waals surface area (Å²) in [4.78, 5) is 40.4. The number of benzene rings is 2. The lowest BCUT2D eigenvalue weighted by atomic mass is 10.2. The van der Waals surface area contributed by atoms with Crippen molar-refractivity contribution >= 4 is 40.7 Å². The van der Waals surface area contributed by atoms with Crippen molar-refractivity contribution in [3.63, 3.8) is 0 Å². The van der Waals surface area contributed by atoms with Gasteiger partial charge >= 0.3 is 0 Å². The standard InChI is InChI=1S/C21H22ClN3O4/c1-3-29-15-10-8-14(9-11-15)25-20(27)12-18(21(25)28)24(2)13-19(26)23-17-7-5-4-6-16(17)22/h4-11,18H,3,12-13H2,1-2H3,(H,23,26)/t18-/m0/s1. The average molecular weight is 416 g/mol. The Labute approximate surface area is 174 Å². The number of nitrogens with one attached hydrogen (secondary N) is 1. The fourth-order valence-corrected chi connectivity index (χ4v) is 3.36. The largest absolute Gasteiger partial charge is 0.494 e. The summed E-state index contributed by atoms with van der Waals surface area (Å²) < 4.78 is 5.39. The van der Waals surface area contributed by atoms with Crippen LogP contribution in [0, 0.1) is 0 Å². The molecular formula is C21H22ClN3O4. The maximum absolute atomic E-state index is 12.8. The van der Waals surface area contributed by atoms with Crippen LogP contribution in [0.1, 0.15) is 13.3 Å². The number of ether oxygens (including phenoxy) is 1. The number of halogens is 1. The second-order valence-electron chi connectivity index (χ2n) is 6.66. The Bertz CT molecular complexity index is 916. The first-order valence-electron chi connectivity index (χ1n) is 9.25. The maximum atomic E-state index is 12.8. The topological polar surface area (TPSA) is 79.0 Å². The molecule has 29 heavy (non-hydrogen) atoms. The van der Waals surface area contributed by atoms with E-state index in [0.717, 1.165) is 4.90 Å². The van der Waals surface area contributed by atoms with Gasteiger partial charge in [-0.25, -0.2) is 4.90 Å². The van der Waals surface area contributed by atoms with Gasteiger partial charge in [-0.3, -0.25) is 19.3 Å². The van der Waals surface area contributed by atoms with Crippen LogP contribution in [0.25, 0.3) is 0 Å². The quantitative estimate of drug-likeness (QED) is 0.703. The van der Waals surface area contributed by atoms with Gasteiger partial charge in [0.15, 0.2) is 0 Å². The summed E-state index contributed by atoms with van der Waals surface area (Å²) >= 11 is 6.05. The van der Waals surface area contributed by atoms with E-state index in [4.69, 9.17) is 16.3 Å². The highest BCUT2D eigenvalue weighted by molar-refractivity contribution is 6.33. The molecule has 0 saturated carbocycles. The molecule has 8 heteroatoms. The first-order chi connectivity index (χ1) is 13.9. The Morgan fingerprint density at radius 1 is 1.21 bits per heavy atom. The molecule has 0 unspecified atom stereocenters. The number of hydrogen-bond donors (Lipinski definition) is 1. The first kappa shape index (κ1) is 20.8. The van der Waals surface area contributed by atoms with Gasteiger partial charge < -0.3 is 10.1 Å². The second-order valence-corrected chi connectivity index (χ2v) is 7.06. The van der Waals surface area contributed by atoms with Gasteiger partial charge in [-0.05, 0) is 50.4 Å². The highest BCUT2D eigenvalue weighted by atomic mass is 35.5. The van der Waals surface area contributed by atoms with E-state index in [0.29, 0.717) is 28.8 Å². The summed E-state index contributed by atoms with van der Waals surface area (Å²) in [6.07, 6.45) is 0.0158. The molecule has 0 bridgehead atoms. The molecule has 1 aliphatic heterocycles. The lowest BCUT2D eigenvalue weighted by Gasteiger charge is -2.22. The van der Waals surface area contributed by atoms with Crippen LogP contribution in [0.2, 0.25) is 5.02 Å². The molecule has 3 rings (SSSR count). The number of anilines is 2. The predicted octanol–water partition coefficient (Wildman–Crippen LogP) is 2.94. The normalized spacial score (nSPS) is 16.4. The van der Waals surface area contributed by atoms with Crippen molar-refractivity contribution < 1.29 is 19.1 Å². The van der Waals surface area contributed by atoms with Crippen LogP contribution in [0.4, 0.5) is 11.4 Å². The van der Waals surface area contributed by atoms with Crippen molar-refractivity contribution in [3.05, 3.63) is 53.6 Å². The number of carbonyl (C=O) groups excluding carboxylic acids is 3. The minimum absolute atomic E-state index is 0.0158. The lowest BCUT2D eigenvalue weighted by Crippen LogP contribution is -2.43. The monoisotopic (exact) mass is 415 g/mol. The molecule has 1 aliphatic rings. The highest BCUT2D eigenvalue weighted by Crippen LogP contribution is 2.27. The molecule has 7 nitrogen and oxygen atoms in total. The summed E-state index contributed by atoms with van der Waals surface area (Å²) in [5, 5.41) is 3.14. The number of amides is 3. The van der Waals surface area contributed by atoms with Crippen LogP contribution in [0.15, 0.2) is 48.5 Å². The van der Waals surface area contributed by atoms with Gasteiger partial charge in [0.25, 0.3) is 5.91 Å². The number of hydrogen-bond acceptors (Lipinski definition) is 5. The van der Waals surface area contributed by atoms with Gasteiger partial charge in [-0.15, -0.1) is 0 Å². The molecule has 0 aliphatic carbocycles. The van der Waals surface area contributed by atoms with Crippen LogP contribution >= 0.6 is 11.6 Å². The summed E-state index contributed by atoms with van der Waals surface area (Å²) in [5.41, 5.74) is 0.984. The molecule has 2 aromatic carbocycles. The summed E-state index contributed by atoms with van der Waals surface area (Å²) in [5.74, 6) is -0.310. The fraction of sp³-hybridized carbons (Fsp3) is 0.286. The van der Waals surface area contributed by atoms with Crippen LogP contribution in [-0.2, 0) is 14.4 Å². The zero-order chi connectivity index (χ0) is 21.0. The van der Waals surface area contributed by atoms with E-state index in [9.17, 15) is 14.4 Å². The van der Waals surface area contributed by atoms with Gasteiger partial charge in [0, 0.05) is 0 Å². The minimum Gasteiger partial charge on any atom is -0.494 e. The molecule has 0 radical (unpaired) electrons. The van der Waals surface area contributed by atoms with Crippen molar-refractivity contribution in [1.29, 1.82) is 0 Å². The van der Waals surface area contributed by atoms with E-state index in [1.54, 1.807) is 60.5 Å². The SMILES string of the molecule is CCOc1ccc(N2C(=O)C[C@H](N(C)CC(=O)Nc3ccccc3Cl)C2=O)cc1. The number of rotatable bonds is 7. The third kappa shape index (κ3) is 4.75. The molecule has 1 fully saturated rings. The Hall–Kier alpha value is -2.90. The molecule has 3 amide bonds. The summed E-state index contributed by atoms with van der Waals surface area (Å²) in [6, 6.07) is 13.0. The second kappa shape index (κ2) is 9.07. The van der Waals surface area contributed by atoms with Gasteiger partial charge in [-0.1, -0.05) is 23.7 Å². The lowest BCUT2D eigenvalue weighted by molar-refractivity contribution is -0.123. The van der Waals surface area contributed by atoms with E-state index >= 15 is 0 Å². The van der Waals surface area contributed by atoms with Gasteiger partial charge in [-0.2, -0.15) is 0 Å². The van der Waals surface area contributed by atoms with E-state index in [2.05, 4.69) is 5.32 Å². The Morgan fingerprint density at radius 2 is 1.90 bits per heavy atom. The van der Waals surface area contributed by atoms with Crippen molar-refractivity contribution in [2.24, 2.45) is 0 Å². The third-order valence-electron chi connectivity index (χ3n) is 4.60. The Kier molecular flexibility index (Phi) is 6.51. The van der Waals surface area contributed by atoms with Gasteiger partial charge in [0.05, 0.1) is 42.0 Å². The molecule has 0 aromatic heterocycles. The molecule has 2 aromatic rings. The molecule has 0 spiro atoms. The summed E-state index contributed by atoms with van der Waals surface area (Å²) in [7, 11) is 1.64. The summed E-state index contributed by atoms with van der Waals surface area (Å²) in [6.45, 7) is 2.36. The fourth-order valence-electron chi connectivity index (χ4n) is 3.18. The number of para-hydroxylation sites is 1. The van der Waals surface area contributed by atoms with E-state index in [-0.39, 0.29) is 30.7 Å². The van der Waals surface area contributed by atoms with Crippen molar-refractivity contribution in [2.75, 3.05) is 30.4 Å². The maximum Gasteiger partial charge on any atom is 0.251 e. The molecular weight excluding hydrogens is 394 g/mol. The molecule has 1 heterocycles. The first-order valence-corrected chi connectivity index (χ1v) is 9.62. The van der Waals surface area contributed by atoms with E-state index < -0.39 is 6.04 Å². The number of nitrogens with zero attached hydrogens (tertiary/aromatic N) is 2. The highest BCUT2D eigenvalue weighted by Gasteiger charge is 2.42. The predicted molar refractivity (Wildman–Crippen MR) is 111 cm³/mol. The van der Waals surface area contributed by atoms with Crippen molar-refractivity contribution in [3.8, 4) is 5.75 Å². The van der Waals surface area contributed by atoms with Crippen molar-refractivity contribution in [1.82, 2.24) is 4.90 Å². The van der Waals surface area contributed by atoms with Gasteiger partial charge in [0.1, 0.15) is 5.75 Å². The third-order valence-corrected chi connectivity index (χ3v) is 4.93. The Morgan fingerprint density at radius 3 is 2.55 bits per heavy atom. The number of imide groups is 1. The average Bonchev–Trinajstić information content (AvgIpc) is 2.99. The zero-order valence-electron chi connectivity index (χ0n) is 16.2. The minimum atomic E-state index is -0.703. The van der Waals surface area contributed by atoms with Crippen LogP contribution in [-0.4, -0.2) is 48.9 Å². The Balaban J connectivity index is 1.65. The zero-order valence-corrected chi connectivity index (χ0v) is 17.0. The molecule has 1 saturated heterocycles. The van der Waals surface area contributed by atoms with E-state index in [1.807, 2.05) is 6.92 Å². The smallest absolute Gasteiger partial charge is 0.251 e. The van der Waals surface area contributed by atoms with Crippen LogP contribution < -0.4 is 15.0 Å². The van der Waals surface area contributed by atoms with Crippen molar-refractivity contribution in [2.45, 2.75) is 19.4 Å². The number of likely N-dealkylation sites (N-methyl/N-ethyl adjacent to an activating group) is 1. The molecule has 1 atom stereocenters.